The summed E-state index contributed by atoms with van der Waals surface area (Å²) in [6, 6.07) is 4.90. The molecule has 3 heteroatoms. The van der Waals surface area contributed by atoms with E-state index in [0.717, 1.165) is 31.4 Å². The van der Waals surface area contributed by atoms with Gasteiger partial charge in [-0.15, -0.1) is 0 Å². The van der Waals surface area contributed by atoms with Crippen LogP contribution in [0.25, 0.3) is 0 Å². The van der Waals surface area contributed by atoms with E-state index in [0.29, 0.717) is 5.02 Å². The number of aryl methyl sites for hydroxylation is 1. The maximum Gasteiger partial charge on any atom is 0.127 e. The maximum atomic E-state index is 13.4. The molecule has 0 spiro atoms. The fourth-order valence-corrected chi connectivity index (χ4v) is 1.79. The molecule has 0 saturated heterocycles. The molecular formula is C14H21ClFN. The van der Waals surface area contributed by atoms with Crippen molar-refractivity contribution in [2.24, 2.45) is 0 Å². The van der Waals surface area contributed by atoms with Gasteiger partial charge >= 0.3 is 0 Å². The molecule has 0 unspecified atom stereocenters. The molecule has 0 aliphatic rings. The van der Waals surface area contributed by atoms with Crippen molar-refractivity contribution in [2.75, 3.05) is 6.54 Å². The molecule has 0 radical (unpaired) electrons. The summed E-state index contributed by atoms with van der Waals surface area (Å²) in [5, 5.41) is 3.88. The van der Waals surface area contributed by atoms with Gasteiger partial charge in [-0.2, -0.15) is 0 Å². The molecule has 0 aliphatic carbocycles. The summed E-state index contributed by atoms with van der Waals surface area (Å²) in [5.74, 6) is -0.193. The van der Waals surface area contributed by atoms with Gasteiger partial charge in [0.25, 0.3) is 0 Å². The molecule has 1 aromatic carbocycles. The van der Waals surface area contributed by atoms with Crippen LogP contribution in [0.1, 0.15) is 39.2 Å². The first-order chi connectivity index (χ1) is 7.88. The average Bonchev–Trinajstić information content (AvgIpc) is 2.18. The smallest absolute Gasteiger partial charge is 0.127 e. The minimum Gasteiger partial charge on any atom is -0.312 e. The Morgan fingerprint density at radius 3 is 2.53 bits per heavy atom. The summed E-state index contributed by atoms with van der Waals surface area (Å²) in [5.41, 5.74) is 0.913. The summed E-state index contributed by atoms with van der Waals surface area (Å²) in [4.78, 5) is 0. The Balaban J connectivity index is 2.27. The van der Waals surface area contributed by atoms with Crippen LogP contribution in [0.5, 0.6) is 0 Å². The fourth-order valence-electron chi connectivity index (χ4n) is 1.63. The van der Waals surface area contributed by atoms with Gasteiger partial charge < -0.3 is 5.32 Å². The van der Waals surface area contributed by atoms with Crippen molar-refractivity contribution < 1.29 is 4.39 Å². The van der Waals surface area contributed by atoms with Crippen LogP contribution in [0.3, 0.4) is 0 Å². The first kappa shape index (κ1) is 14.5. The molecular weight excluding hydrogens is 237 g/mol. The number of rotatable bonds is 5. The summed E-state index contributed by atoms with van der Waals surface area (Å²) < 4.78 is 13.4. The lowest BCUT2D eigenvalue weighted by molar-refractivity contribution is 0.418. The Morgan fingerprint density at radius 2 is 1.94 bits per heavy atom. The number of unbranched alkanes of at least 4 members (excludes halogenated alkanes) is 1. The zero-order valence-electron chi connectivity index (χ0n) is 10.8. The maximum absolute atomic E-state index is 13.4. The zero-order valence-corrected chi connectivity index (χ0v) is 11.6. The van der Waals surface area contributed by atoms with E-state index in [4.69, 9.17) is 11.6 Å². The number of benzene rings is 1. The van der Waals surface area contributed by atoms with Crippen molar-refractivity contribution >= 4 is 11.6 Å². The lowest BCUT2D eigenvalue weighted by Gasteiger charge is -2.20. The molecule has 0 saturated carbocycles. The first-order valence-corrected chi connectivity index (χ1v) is 6.45. The molecule has 1 N–H and O–H groups in total. The molecule has 1 nitrogen and oxygen atoms in total. The molecule has 0 atom stereocenters. The van der Waals surface area contributed by atoms with E-state index in [1.807, 2.05) is 0 Å². The van der Waals surface area contributed by atoms with Gasteiger partial charge in [0.1, 0.15) is 5.82 Å². The highest BCUT2D eigenvalue weighted by Gasteiger charge is 2.07. The Hall–Kier alpha value is -0.600. The van der Waals surface area contributed by atoms with Crippen LogP contribution < -0.4 is 5.32 Å². The van der Waals surface area contributed by atoms with Gasteiger partial charge in [0.15, 0.2) is 0 Å². The Kier molecular flexibility index (Phi) is 5.41. The third-order valence-electron chi connectivity index (χ3n) is 2.54. The Bertz CT molecular complexity index is 358. The number of hydrogen-bond donors (Lipinski definition) is 1. The van der Waals surface area contributed by atoms with Crippen molar-refractivity contribution in [2.45, 2.75) is 45.6 Å². The molecule has 0 amide bonds. The number of nitrogens with one attached hydrogen (secondary N) is 1. The first-order valence-electron chi connectivity index (χ1n) is 6.07. The SMILES string of the molecule is CC(C)(C)NCCCCc1ccc(Cl)cc1F. The third kappa shape index (κ3) is 6.04. The molecule has 0 aromatic heterocycles. The van der Waals surface area contributed by atoms with Crippen molar-refractivity contribution in [1.29, 1.82) is 0 Å². The van der Waals surface area contributed by atoms with E-state index in [-0.39, 0.29) is 11.4 Å². The number of hydrogen-bond acceptors (Lipinski definition) is 1. The predicted octanol–water partition coefficient (Wildman–Crippen LogP) is 4.19. The van der Waals surface area contributed by atoms with Crippen LogP contribution in [0.15, 0.2) is 18.2 Å². The predicted molar refractivity (Wildman–Crippen MR) is 72.1 cm³/mol. The molecule has 1 rings (SSSR count). The van der Waals surface area contributed by atoms with Crippen LogP contribution >= 0.6 is 11.6 Å². The van der Waals surface area contributed by atoms with E-state index in [2.05, 4.69) is 26.1 Å². The monoisotopic (exact) mass is 257 g/mol. The van der Waals surface area contributed by atoms with Crippen molar-refractivity contribution in [3.63, 3.8) is 0 Å². The summed E-state index contributed by atoms with van der Waals surface area (Å²) in [6.45, 7) is 7.41. The normalized spacial score (nSPS) is 11.8. The van der Waals surface area contributed by atoms with E-state index < -0.39 is 0 Å². The van der Waals surface area contributed by atoms with Crippen LogP contribution in [0.4, 0.5) is 4.39 Å². The molecule has 0 fully saturated rings. The minimum atomic E-state index is -0.193. The standard InChI is InChI=1S/C14H21ClFN/c1-14(2,3)17-9-5-4-6-11-7-8-12(15)10-13(11)16/h7-8,10,17H,4-6,9H2,1-3H3. The molecule has 1 aromatic rings. The van der Waals surface area contributed by atoms with Crippen LogP contribution in [0.2, 0.25) is 5.02 Å². The highest BCUT2D eigenvalue weighted by molar-refractivity contribution is 6.30. The Morgan fingerprint density at radius 1 is 1.24 bits per heavy atom. The van der Waals surface area contributed by atoms with Gasteiger partial charge in [0.2, 0.25) is 0 Å². The second-order valence-corrected chi connectivity index (χ2v) is 5.81. The summed E-state index contributed by atoms with van der Waals surface area (Å²) in [6.07, 6.45) is 2.82. The lowest BCUT2D eigenvalue weighted by Crippen LogP contribution is -2.36. The fraction of sp³-hybridized carbons (Fsp3) is 0.571. The molecule has 17 heavy (non-hydrogen) atoms. The van der Waals surface area contributed by atoms with Gasteiger partial charge in [-0.3, -0.25) is 0 Å². The van der Waals surface area contributed by atoms with Gasteiger partial charge in [0.05, 0.1) is 0 Å². The van der Waals surface area contributed by atoms with Crippen LogP contribution in [-0.2, 0) is 6.42 Å². The Labute approximate surface area is 108 Å². The zero-order chi connectivity index (χ0) is 12.9. The van der Waals surface area contributed by atoms with Gasteiger partial charge in [-0.25, -0.2) is 4.39 Å². The van der Waals surface area contributed by atoms with E-state index in [1.165, 1.54) is 6.07 Å². The quantitative estimate of drug-likeness (QED) is 0.780. The number of halogens is 2. The van der Waals surface area contributed by atoms with Gasteiger partial charge in [0, 0.05) is 10.6 Å². The average molecular weight is 258 g/mol. The van der Waals surface area contributed by atoms with E-state index >= 15 is 0 Å². The topological polar surface area (TPSA) is 12.0 Å². The molecule has 0 bridgehead atoms. The summed E-state index contributed by atoms with van der Waals surface area (Å²) in [7, 11) is 0. The van der Waals surface area contributed by atoms with Crippen molar-refractivity contribution in [1.82, 2.24) is 5.32 Å². The largest absolute Gasteiger partial charge is 0.312 e. The van der Waals surface area contributed by atoms with Crippen molar-refractivity contribution in [3.05, 3.63) is 34.6 Å². The van der Waals surface area contributed by atoms with Crippen LogP contribution in [-0.4, -0.2) is 12.1 Å². The lowest BCUT2D eigenvalue weighted by atomic mass is 10.1. The summed E-state index contributed by atoms with van der Waals surface area (Å²) >= 11 is 5.70. The van der Waals surface area contributed by atoms with Gasteiger partial charge in [-0.1, -0.05) is 17.7 Å². The second kappa shape index (κ2) is 6.36. The van der Waals surface area contributed by atoms with E-state index in [9.17, 15) is 4.39 Å². The van der Waals surface area contributed by atoms with E-state index in [1.54, 1.807) is 12.1 Å². The van der Waals surface area contributed by atoms with Crippen LogP contribution in [0, 0.1) is 5.82 Å². The molecule has 96 valence electrons. The van der Waals surface area contributed by atoms with Crippen molar-refractivity contribution in [3.8, 4) is 0 Å². The third-order valence-corrected chi connectivity index (χ3v) is 2.78. The van der Waals surface area contributed by atoms with Gasteiger partial charge in [-0.05, 0) is 64.3 Å². The molecule has 0 heterocycles. The minimum absolute atomic E-state index is 0.158. The molecule has 0 aliphatic heterocycles. The highest BCUT2D eigenvalue weighted by atomic mass is 35.5. The highest BCUT2D eigenvalue weighted by Crippen LogP contribution is 2.16. The second-order valence-electron chi connectivity index (χ2n) is 5.37.